The molecule has 0 heterocycles. The summed E-state index contributed by atoms with van der Waals surface area (Å²) in [5, 5.41) is 0. The fourth-order valence-corrected chi connectivity index (χ4v) is 2.06. The molecule has 0 aromatic heterocycles. The van der Waals surface area contributed by atoms with E-state index < -0.39 is 0 Å². The maximum Gasteiger partial charge on any atom is 0.174 e. The third-order valence-corrected chi connectivity index (χ3v) is 2.73. The molecular weight excluding hydrogens is 176 g/mol. The zero-order valence-electron chi connectivity index (χ0n) is 8.28. The van der Waals surface area contributed by atoms with Gasteiger partial charge in [0.15, 0.2) is 11.6 Å². The molecule has 0 aliphatic heterocycles. The maximum atomic E-state index is 11.8. The van der Waals surface area contributed by atoms with Gasteiger partial charge in [-0.2, -0.15) is 0 Å². The number of ketones is 2. The van der Waals surface area contributed by atoms with Gasteiger partial charge in [0.25, 0.3) is 0 Å². The molecule has 2 aliphatic carbocycles. The van der Waals surface area contributed by atoms with E-state index in [4.69, 9.17) is 0 Å². The summed E-state index contributed by atoms with van der Waals surface area (Å²) in [4.78, 5) is 23.7. The summed E-state index contributed by atoms with van der Waals surface area (Å²) in [5.41, 5.74) is 1.24. The standard InChI is InChI=1S/C12H12O2/c1-7(2)10-11(13)8-5-3-4-6-9(8)12(10)14/h3-6,8-9H,1-2H3. The number of hydrogen-bond acceptors (Lipinski definition) is 2. The minimum absolute atomic E-state index is 0.0133. The third-order valence-electron chi connectivity index (χ3n) is 2.73. The molecule has 2 aliphatic rings. The van der Waals surface area contributed by atoms with Crippen LogP contribution in [0.25, 0.3) is 0 Å². The van der Waals surface area contributed by atoms with Crippen LogP contribution < -0.4 is 0 Å². The Labute approximate surface area is 83.0 Å². The highest BCUT2D eigenvalue weighted by molar-refractivity contribution is 6.29. The Kier molecular flexibility index (Phi) is 1.99. The first kappa shape index (κ1) is 9.13. The van der Waals surface area contributed by atoms with Gasteiger partial charge in [0.05, 0.1) is 17.4 Å². The molecule has 14 heavy (non-hydrogen) atoms. The van der Waals surface area contributed by atoms with Crippen LogP contribution >= 0.6 is 0 Å². The molecular formula is C12H12O2. The Bertz CT molecular complexity index is 361. The molecule has 2 atom stereocenters. The van der Waals surface area contributed by atoms with Gasteiger partial charge in [-0.1, -0.05) is 29.9 Å². The summed E-state index contributed by atoms with van der Waals surface area (Å²) in [7, 11) is 0. The van der Waals surface area contributed by atoms with Crippen LogP contribution in [0.1, 0.15) is 13.8 Å². The number of rotatable bonds is 0. The van der Waals surface area contributed by atoms with E-state index >= 15 is 0 Å². The van der Waals surface area contributed by atoms with Crippen molar-refractivity contribution in [3.05, 3.63) is 35.5 Å². The molecule has 1 saturated carbocycles. The van der Waals surface area contributed by atoms with Gasteiger partial charge in [-0.05, 0) is 13.8 Å². The van der Waals surface area contributed by atoms with E-state index in [1.165, 1.54) is 0 Å². The topological polar surface area (TPSA) is 34.1 Å². The largest absolute Gasteiger partial charge is 0.293 e. The summed E-state index contributed by atoms with van der Waals surface area (Å²) in [6.45, 7) is 3.63. The fraction of sp³-hybridized carbons (Fsp3) is 0.333. The van der Waals surface area contributed by atoms with Crippen LogP contribution in [0.2, 0.25) is 0 Å². The molecule has 72 valence electrons. The number of carbonyl (C=O) groups excluding carboxylic acids is 2. The third kappa shape index (κ3) is 1.10. The molecule has 1 fully saturated rings. The van der Waals surface area contributed by atoms with Crippen LogP contribution in [0.5, 0.6) is 0 Å². The molecule has 2 rings (SSSR count). The molecule has 0 N–H and O–H groups in total. The first-order valence-electron chi connectivity index (χ1n) is 4.74. The van der Waals surface area contributed by atoms with E-state index in [-0.39, 0.29) is 23.4 Å². The SMILES string of the molecule is CC(C)=C1C(=O)C2C=CC=CC2C1=O. The van der Waals surface area contributed by atoms with Crippen LogP contribution in [0, 0.1) is 11.8 Å². The van der Waals surface area contributed by atoms with Gasteiger partial charge in [-0.3, -0.25) is 9.59 Å². The van der Waals surface area contributed by atoms with Crippen molar-refractivity contribution in [2.75, 3.05) is 0 Å². The Morgan fingerprint density at radius 2 is 1.43 bits per heavy atom. The predicted molar refractivity (Wildman–Crippen MR) is 53.6 cm³/mol. The lowest BCUT2D eigenvalue weighted by atomic mass is 9.91. The number of carbonyl (C=O) groups is 2. The van der Waals surface area contributed by atoms with E-state index in [1.54, 1.807) is 0 Å². The second-order valence-electron chi connectivity index (χ2n) is 3.92. The molecule has 2 unspecified atom stereocenters. The maximum absolute atomic E-state index is 11.8. The highest BCUT2D eigenvalue weighted by Crippen LogP contribution is 2.35. The van der Waals surface area contributed by atoms with Crippen LogP contribution in [0.3, 0.4) is 0 Å². The summed E-state index contributed by atoms with van der Waals surface area (Å²) in [6, 6.07) is 0. The molecule has 2 nitrogen and oxygen atoms in total. The minimum atomic E-state index is -0.239. The normalized spacial score (nSPS) is 29.7. The molecule has 0 bridgehead atoms. The van der Waals surface area contributed by atoms with Crippen molar-refractivity contribution in [2.24, 2.45) is 11.8 Å². The molecule has 2 heteroatoms. The van der Waals surface area contributed by atoms with Crippen molar-refractivity contribution in [3.63, 3.8) is 0 Å². The van der Waals surface area contributed by atoms with Gasteiger partial charge in [-0.25, -0.2) is 0 Å². The van der Waals surface area contributed by atoms with Gasteiger partial charge in [0.2, 0.25) is 0 Å². The highest BCUT2D eigenvalue weighted by atomic mass is 16.2. The number of fused-ring (bicyclic) bond motifs is 1. The first-order valence-corrected chi connectivity index (χ1v) is 4.74. The number of hydrogen-bond donors (Lipinski definition) is 0. The summed E-state index contributed by atoms with van der Waals surface area (Å²) in [5.74, 6) is -0.504. The quantitative estimate of drug-likeness (QED) is 0.429. The van der Waals surface area contributed by atoms with E-state index in [1.807, 2.05) is 38.2 Å². The fourth-order valence-electron chi connectivity index (χ4n) is 2.06. The van der Waals surface area contributed by atoms with Crippen molar-refractivity contribution in [3.8, 4) is 0 Å². The van der Waals surface area contributed by atoms with Gasteiger partial charge in [0.1, 0.15) is 0 Å². The predicted octanol–water partition coefficient (Wildman–Crippen LogP) is 1.83. The minimum Gasteiger partial charge on any atom is -0.293 e. The average molecular weight is 188 g/mol. The van der Waals surface area contributed by atoms with Crippen LogP contribution in [-0.4, -0.2) is 11.6 Å². The van der Waals surface area contributed by atoms with Gasteiger partial charge >= 0.3 is 0 Å². The molecule has 0 radical (unpaired) electrons. The second-order valence-corrected chi connectivity index (χ2v) is 3.92. The van der Waals surface area contributed by atoms with Gasteiger partial charge in [0, 0.05) is 0 Å². The molecule has 0 amide bonds. The summed E-state index contributed by atoms with van der Waals surface area (Å²) < 4.78 is 0. The van der Waals surface area contributed by atoms with E-state index in [0.717, 1.165) is 5.57 Å². The Morgan fingerprint density at radius 3 is 1.79 bits per heavy atom. The monoisotopic (exact) mass is 188 g/mol. The smallest absolute Gasteiger partial charge is 0.174 e. The van der Waals surface area contributed by atoms with E-state index in [0.29, 0.717) is 5.57 Å². The lowest BCUT2D eigenvalue weighted by molar-refractivity contribution is -0.117. The Hall–Kier alpha value is -1.44. The number of Topliss-reactive ketones (excluding diaryl/α,β-unsaturated/α-hetero) is 2. The number of allylic oxidation sites excluding steroid dienone is 6. The molecule has 0 aromatic carbocycles. The lowest BCUT2D eigenvalue weighted by Gasteiger charge is -2.10. The van der Waals surface area contributed by atoms with Crippen LogP contribution in [-0.2, 0) is 9.59 Å². The van der Waals surface area contributed by atoms with Crippen molar-refractivity contribution >= 4 is 11.6 Å². The molecule has 0 saturated heterocycles. The Balaban J connectivity index is 2.51. The van der Waals surface area contributed by atoms with Gasteiger partial charge < -0.3 is 0 Å². The zero-order chi connectivity index (χ0) is 10.3. The highest BCUT2D eigenvalue weighted by Gasteiger charge is 2.43. The molecule has 0 aromatic rings. The van der Waals surface area contributed by atoms with Crippen LogP contribution in [0.15, 0.2) is 35.5 Å². The summed E-state index contributed by atoms with van der Waals surface area (Å²) >= 11 is 0. The Morgan fingerprint density at radius 1 is 1.00 bits per heavy atom. The zero-order valence-corrected chi connectivity index (χ0v) is 8.28. The average Bonchev–Trinajstić information content (AvgIpc) is 2.41. The van der Waals surface area contributed by atoms with Gasteiger partial charge in [-0.15, -0.1) is 0 Å². The second kappa shape index (κ2) is 3.05. The van der Waals surface area contributed by atoms with Crippen molar-refractivity contribution in [1.29, 1.82) is 0 Å². The lowest BCUT2D eigenvalue weighted by Crippen LogP contribution is -2.14. The summed E-state index contributed by atoms with van der Waals surface area (Å²) in [6.07, 6.45) is 7.31. The van der Waals surface area contributed by atoms with Crippen molar-refractivity contribution in [1.82, 2.24) is 0 Å². The van der Waals surface area contributed by atoms with Crippen molar-refractivity contribution < 1.29 is 9.59 Å². The van der Waals surface area contributed by atoms with Crippen LogP contribution in [0.4, 0.5) is 0 Å². The van der Waals surface area contributed by atoms with E-state index in [2.05, 4.69) is 0 Å². The first-order chi connectivity index (χ1) is 6.63. The van der Waals surface area contributed by atoms with Crippen molar-refractivity contribution in [2.45, 2.75) is 13.8 Å². The van der Waals surface area contributed by atoms with E-state index in [9.17, 15) is 9.59 Å². The molecule has 0 spiro atoms.